The lowest BCUT2D eigenvalue weighted by atomic mass is 9.91. The number of Topliss-reactive ketones (excluding diaryl/α,β-unsaturated/α-hetero) is 2. The Morgan fingerprint density at radius 1 is 0.606 bits per heavy atom. The van der Waals surface area contributed by atoms with E-state index in [2.05, 4.69) is 28.1 Å². The molecule has 0 aromatic heterocycles. The van der Waals surface area contributed by atoms with Gasteiger partial charge in [0.2, 0.25) is 11.8 Å². The van der Waals surface area contributed by atoms with Gasteiger partial charge in [0.15, 0.2) is 5.78 Å². The Bertz CT molecular complexity index is 2120. The predicted octanol–water partition coefficient (Wildman–Crippen LogP) is 10.3. The molecule has 4 aromatic rings. The van der Waals surface area contributed by atoms with E-state index >= 15 is 0 Å². The lowest BCUT2D eigenvalue weighted by Crippen LogP contribution is -2.43. The number of hydrogen-bond donors (Lipinski definition) is 4. The quantitative estimate of drug-likeness (QED) is 0.0528. The number of hydrogen-bond acceptors (Lipinski definition) is 9. The molecule has 12 nitrogen and oxygen atoms in total. The SMILES string of the molecule is CC[C@H](N)C(=O)C[C@H](/C=C/C(=O)Nc1ccc(OC)cc1)CCc1ccccc1.CC[C@H](NC(=O)OC(C)(C)C)C(=O)C[C@H](/C=C/C(=O)Nc1ccc(OC)cc1)CCc1ccccc1.Cl. The fourth-order valence-electron chi connectivity index (χ4n) is 6.59. The highest BCUT2D eigenvalue weighted by Crippen LogP contribution is 2.21. The van der Waals surface area contributed by atoms with Crippen LogP contribution in [0.25, 0.3) is 0 Å². The third kappa shape index (κ3) is 22.6. The van der Waals surface area contributed by atoms with E-state index in [1.54, 1.807) is 89.6 Å². The van der Waals surface area contributed by atoms with Crippen LogP contribution in [0.3, 0.4) is 0 Å². The molecular formula is C53H69ClN4O8. The molecule has 0 aliphatic rings. The summed E-state index contributed by atoms with van der Waals surface area (Å²) in [6.45, 7) is 9.07. The third-order valence-corrected chi connectivity index (χ3v) is 10.3. The molecule has 0 aliphatic heterocycles. The first-order valence-electron chi connectivity index (χ1n) is 22.3. The number of nitrogens with one attached hydrogen (secondary N) is 3. The number of ether oxygens (including phenoxy) is 3. The van der Waals surface area contributed by atoms with Gasteiger partial charge in [0, 0.05) is 24.2 Å². The minimum absolute atomic E-state index is 0. The van der Waals surface area contributed by atoms with Crippen molar-refractivity contribution in [3.8, 4) is 11.5 Å². The van der Waals surface area contributed by atoms with Crippen molar-refractivity contribution >= 4 is 53.3 Å². The smallest absolute Gasteiger partial charge is 0.408 e. The largest absolute Gasteiger partial charge is 0.497 e. The predicted molar refractivity (Wildman–Crippen MR) is 266 cm³/mol. The van der Waals surface area contributed by atoms with Crippen LogP contribution in [0.15, 0.2) is 133 Å². The van der Waals surface area contributed by atoms with E-state index in [9.17, 15) is 24.0 Å². The van der Waals surface area contributed by atoms with E-state index in [1.807, 2.05) is 68.5 Å². The number of anilines is 2. The third-order valence-electron chi connectivity index (χ3n) is 10.3. The highest BCUT2D eigenvalue weighted by Gasteiger charge is 2.25. The molecule has 356 valence electrons. The second-order valence-corrected chi connectivity index (χ2v) is 16.7. The van der Waals surface area contributed by atoms with Crippen LogP contribution < -0.4 is 31.2 Å². The number of alkyl carbamates (subject to hydrolysis) is 1. The summed E-state index contributed by atoms with van der Waals surface area (Å²) < 4.78 is 15.6. The molecule has 0 radical (unpaired) electrons. The molecule has 3 amide bonds. The summed E-state index contributed by atoms with van der Waals surface area (Å²) in [5.41, 5.74) is 8.94. The number of methoxy groups -OCH3 is 2. The van der Waals surface area contributed by atoms with Crippen LogP contribution in [0.1, 0.15) is 84.3 Å². The van der Waals surface area contributed by atoms with Crippen molar-refractivity contribution in [1.82, 2.24) is 5.32 Å². The van der Waals surface area contributed by atoms with Crippen molar-refractivity contribution < 1.29 is 38.2 Å². The second-order valence-electron chi connectivity index (χ2n) is 16.7. The highest BCUT2D eigenvalue weighted by molar-refractivity contribution is 6.00. The maximum Gasteiger partial charge on any atom is 0.408 e. The summed E-state index contributed by atoms with van der Waals surface area (Å²) in [5, 5.41) is 8.32. The molecule has 66 heavy (non-hydrogen) atoms. The molecule has 0 spiro atoms. The van der Waals surface area contributed by atoms with Crippen LogP contribution in [-0.2, 0) is 36.8 Å². The Hall–Kier alpha value is -6.24. The molecule has 0 saturated carbocycles. The fourth-order valence-corrected chi connectivity index (χ4v) is 6.59. The Labute approximate surface area is 397 Å². The van der Waals surface area contributed by atoms with Gasteiger partial charge in [-0.25, -0.2) is 4.79 Å². The van der Waals surface area contributed by atoms with Crippen LogP contribution in [0.4, 0.5) is 16.2 Å². The lowest BCUT2D eigenvalue weighted by molar-refractivity contribution is -0.122. The summed E-state index contributed by atoms with van der Waals surface area (Å²) in [4.78, 5) is 62.4. The average molecular weight is 926 g/mol. The molecule has 0 heterocycles. The maximum absolute atomic E-state index is 13.1. The number of benzene rings is 4. The van der Waals surface area contributed by atoms with E-state index in [0.717, 1.165) is 30.6 Å². The van der Waals surface area contributed by atoms with Crippen LogP contribution >= 0.6 is 12.4 Å². The summed E-state index contributed by atoms with van der Waals surface area (Å²) in [6, 6.07) is 33.2. The number of halogens is 1. The molecule has 0 saturated heterocycles. The maximum atomic E-state index is 13.1. The first-order chi connectivity index (χ1) is 31.1. The first kappa shape index (κ1) is 55.9. The average Bonchev–Trinajstić information content (AvgIpc) is 3.30. The number of aryl methyl sites for hydroxylation is 2. The van der Waals surface area contributed by atoms with Crippen molar-refractivity contribution in [2.45, 2.75) is 104 Å². The van der Waals surface area contributed by atoms with Gasteiger partial charge in [-0.05, 0) is 143 Å². The number of allylic oxidation sites excluding steroid dienone is 2. The van der Waals surface area contributed by atoms with E-state index < -0.39 is 23.8 Å². The zero-order valence-electron chi connectivity index (χ0n) is 39.4. The van der Waals surface area contributed by atoms with Crippen molar-refractivity contribution in [2.75, 3.05) is 24.9 Å². The minimum atomic E-state index is -0.652. The Kier molecular flexibility index (Phi) is 25.5. The van der Waals surface area contributed by atoms with Gasteiger partial charge < -0.3 is 35.9 Å². The molecule has 0 aliphatic carbocycles. The number of nitrogens with two attached hydrogens (primary N) is 1. The number of carbonyl (C=O) groups is 5. The zero-order valence-corrected chi connectivity index (χ0v) is 40.2. The Balaban J connectivity index is 0.000000457. The molecule has 4 rings (SSSR count). The van der Waals surface area contributed by atoms with E-state index in [4.69, 9.17) is 19.9 Å². The van der Waals surface area contributed by atoms with Gasteiger partial charge in [0.05, 0.1) is 26.3 Å². The summed E-state index contributed by atoms with van der Waals surface area (Å²) in [6.07, 6.45) is 10.6. The number of ketones is 2. The van der Waals surface area contributed by atoms with Gasteiger partial charge >= 0.3 is 6.09 Å². The molecular weight excluding hydrogens is 856 g/mol. The Morgan fingerprint density at radius 2 is 1.02 bits per heavy atom. The van der Waals surface area contributed by atoms with Crippen molar-refractivity contribution in [3.63, 3.8) is 0 Å². The monoisotopic (exact) mass is 924 g/mol. The van der Waals surface area contributed by atoms with Gasteiger partial charge in [0.1, 0.15) is 22.9 Å². The van der Waals surface area contributed by atoms with E-state index in [1.165, 1.54) is 17.7 Å². The molecule has 0 unspecified atom stereocenters. The molecule has 4 atom stereocenters. The number of rotatable bonds is 23. The van der Waals surface area contributed by atoms with Gasteiger partial charge in [-0.15, -0.1) is 12.4 Å². The zero-order chi connectivity index (χ0) is 47.6. The highest BCUT2D eigenvalue weighted by atomic mass is 35.5. The fraction of sp³-hybridized carbons (Fsp3) is 0.377. The summed E-state index contributed by atoms with van der Waals surface area (Å²) in [5.74, 6) is 0.644. The van der Waals surface area contributed by atoms with Gasteiger partial charge in [-0.1, -0.05) is 86.7 Å². The molecule has 13 heteroatoms. The number of carbonyl (C=O) groups excluding carboxylic acids is 5. The van der Waals surface area contributed by atoms with Crippen LogP contribution in [0.5, 0.6) is 11.5 Å². The van der Waals surface area contributed by atoms with Gasteiger partial charge in [-0.2, -0.15) is 0 Å². The van der Waals surface area contributed by atoms with Crippen molar-refractivity contribution in [1.29, 1.82) is 0 Å². The normalized spacial score (nSPS) is 12.8. The van der Waals surface area contributed by atoms with Gasteiger partial charge in [0.25, 0.3) is 0 Å². The standard InChI is InChI=1S/C29H38N2O5.C24H30N2O3.ClH/c1-6-25(31-28(34)36-29(2,3)4)26(32)20-22(13-12-21-10-8-7-9-11-21)14-19-27(33)30-23-15-17-24(35-5)18-16-23;1-3-22(25)23(27)17-19(10-9-18-7-5-4-6-8-18)11-16-24(28)26-20-12-14-21(29-2)15-13-20;/h7-11,14-19,22,25H,6,12-13,20H2,1-5H3,(H,30,33)(H,31,34);4-8,11-16,19,22H,3,9-10,17,25H2,1-2H3,(H,26,28);1H/b19-14+;16-11+;/t22-,25-;19-,22-;/m00./s1. The second kappa shape index (κ2) is 30.1. The molecule has 0 bridgehead atoms. The number of amides is 3. The van der Waals surface area contributed by atoms with Gasteiger partial charge in [-0.3, -0.25) is 19.2 Å². The van der Waals surface area contributed by atoms with Crippen LogP contribution in [-0.4, -0.2) is 61.4 Å². The molecule has 4 aromatic carbocycles. The summed E-state index contributed by atoms with van der Waals surface area (Å²) in [7, 11) is 3.18. The summed E-state index contributed by atoms with van der Waals surface area (Å²) >= 11 is 0. The van der Waals surface area contributed by atoms with E-state index in [-0.39, 0.29) is 54.0 Å². The molecule has 0 fully saturated rings. The van der Waals surface area contributed by atoms with Crippen LogP contribution in [0.2, 0.25) is 0 Å². The molecule has 5 N–H and O–H groups in total. The lowest BCUT2D eigenvalue weighted by Gasteiger charge is -2.23. The van der Waals surface area contributed by atoms with Crippen molar-refractivity contribution in [3.05, 3.63) is 145 Å². The topological polar surface area (TPSA) is 175 Å². The van der Waals surface area contributed by atoms with E-state index in [0.29, 0.717) is 42.8 Å². The van der Waals surface area contributed by atoms with Crippen LogP contribution in [0, 0.1) is 11.8 Å². The van der Waals surface area contributed by atoms with Crippen molar-refractivity contribution in [2.24, 2.45) is 17.6 Å². The Morgan fingerprint density at radius 3 is 1.38 bits per heavy atom. The minimum Gasteiger partial charge on any atom is -0.497 e. The first-order valence-corrected chi connectivity index (χ1v) is 22.3.